The number of rotatable bonds is 1. The van der Waals surface area contributed by atoms with Gasteiger partial charge in [-0.2, -0.15) is 0 Å². The Labute approximate surface area is 93.8 Å². The van der Waals surface area contributed by atoms with E-state index in [4.69, 9.17) is 4.84 Å². The molecule has 0 aliphatic carbocycles. The Morgan fingerprint density at radius 2 is 1.81 bits per heavy atom. The fraction of sp³-hybridized carbons (Fsp3) is 0. The first kappa shape index (κ1) is 9.04. The molecule has 16 heavy (non-hydrogen) atoms. The third kappa shape index (κ3) is 1.54. The highest BCUT2D eigenvalue weighted by molar-refractivity contribution is 5.85. The zero-order valence-corrected chi connectivity index (χ0v) is 8.68. The molecule has 0 radical (unpaired) electrons. The fourth-order valence-electron chi connectivity index (χ4n) is 1.80. The molecule has 0 atom stereocenters. The smallest absolute Gasteiger partial charge is 0.162 e. The van der Waals surface area contributed by atoms with E-state index in [1.165, 1.54) is 10.8 Å². The lowest BCUT2D eigenvalue weighted by Crippen LogP contribution is -2.08. The molecule has 0 saturated heterocycles. The van der Waals surface area contributed by atoms with Crippen molar-refractivity contribution in [3.05, 3.63) is 66.4 Å². The lowest BCUT2D eigenvalue weighted by atomic mass is 10.1. The molecule has 1 N–H and O–H groups in total. The summed E-state index contributed by atoms with van der Waals surface area (Å²) < 4.78 is 0. The van der Waals surface area contributed by atoms with Gasteiger partial charge in [-0.25, -0.2) is 5.48 Å². The third-order valence-corrected chi connectivity index (χ3v) is 2.61. The van der Waals surface area contributed by atoms with Gasteiger partial charge >= 0.3 is 0 Å². The van der Waals surface area contributed by atoms with Crippen molar-refractivity contribution in [2.45, 2.75) is 0 Å². The Bertz CT molecular complexity index is 584. The predicted molar refractivity (Wildman–Crippen MR) is 65.3 cm³/mol. The van der Waals surface area contributed by atoms with Gasteiger partial charge in [0.25, 0.3) is 0 Å². The van der Waals surface area contributed by atoms with Gasteiger partial charge in [0.15, 0.2) is 5.76 Å². The summed E-state index contributed by atoms with van der Waals surface area (Å²) >= 11 is 0. The Balaban J connectivity index is 2.11. The molecule has 2 heteroatoms. The summed E-state index contributed by atoms with van der Waals surface area (Å²) in [5, 5.41) is 2.46. The van der Waals surface area contributed by atoms with Crippen LogP contribution in [0.25, 0.3) is 16.5 Å². The van der Waals surface area contributed by atoms with Crippen LogP contribution in [0.15, 0.2) is 60.8 Å². The predicted octanol–water partition coefficient (Wildman–Crippen LogP) is 3.23. The number of nitrogens with one attached hydrogen (secondary N) is 1. The second kappa shape index (κ2) is 3.74. The third-order valence-electron chi connectivity index (χ3n) is 2.61. The maximum Gasteiger partial charge on any atom is 0.162 e. The molecule has 0 fully saturated rings. The molecule has 0 amide bonds. The molecule has 2 aromatic carbocycles. The van der Waals surface area contributed by atoms with Crippen LogP contribution in [0.5, 0.6) is 0 Å². The summed E-state index contributed by atoms with van der Waals surface area (Å²) in [4.78, 5) is 5.34. The van der Waals surface area contributed by atoms with E-state index < -0.39 is 0 Å². The normalized spacial score (nSPS) is 14.1. The van der Waals surface area contributed by atoms with E-state index in [2.05, 4.69) is 35.8 Å². The summed E-state index contributed by atoms with van der Waals surface area (Å²) in [7, 11) is 0. The number of allylic oxidation sites excluding steroid dienone is 2. The van der Waals surface area contributed by atoms with Gasteiger partial charge in [-0.3, -0.25) is 0 Å². The number of hydroxylamine groups is 1. The molecule has 0 aromatic heterocycles. The van der Waals surface area contributed by atoms with Gasteiger partial charge in [-0.15, -0.1) is 0 Å². The summed E-state index contributed by atoms with van der Waals surface area (Å²) in [6.45, 7) is 0. The largest absolute Gasteiger partial charge is 0.382 e. The van der Waals surface area contributed by atoms with Crippen LogP contribution in [-0.4, -0.2) is 0 Å². The van der Waals surface area contributed by atoms with Crippen LogP contribution in [0.1, 0.15) is 5.56 Å². The van der Waals surface area contributed by atoms with Gasteiger partial charge in [0.05, 0.1) is 0 Å². The van der Waals surface area contributed by atoms with Crippen LogP contribution in [-0.2, 0) is 4.84 Å². The highest BCUT2D eigenvalue weighted by Gasteiger charge is 2.05. The van der Waals surface area contributed by atoms with Crippen LogP contribution in [0, 0.1) is 0 Å². The van der Waals surface area contributed by atoms with E-state index >= 15 is 0 Å². The number of fused-ring (bicyclic) bond motifs is 1. The molecule has 0 saturated carbocycles. The van der Waals surface area contributed by atoms with Crippen molar-refractivity contribution in [3.8, 4) is 0 Å². The SMILES string of the molecule is C1=CNOC(c2ccc3ccccc3c2)=C1. The van der Waals surface area contributed by atoms with Gasteiger partial charge in [0.2, 0.25) is 0 Å². The Morgan fingerprint density at radius 3 is 2.62 bits per heavy atom. The number of hydrogen-bond donors (Lipinski definition) is 1. The van der Waals surface area contributed by atoms with Crippen molar-refractivity contribution in [2.75, 3.05) is 0 Å². The minimum absolute atomic E-state index is 0.841. The maximum absolute atomic E-state index is 5.34. The molecule has 0 unspecified atom stereocenters. The maximum atomic E-state index is 5.34. The quantitative estimate of drug-likeness (QED) is 0.778. The Morgan fingerprint density at radius 1 is 0.938 bits per heavy atom. The van der Waals surface area contributed by atoms with Crippen molar-refractivity contribution >= 4 is 16.5 Å². The van der Waals surface area contributed by atoms with E-state index in [-0.39, 0.29) is 0 Å². The first-order valence-electron chi connectivity index (χ1n) is 5.22. The summed E-state index contributed by atoms with van der Waals surface area (Å²) in [6.07, 6.45) is 5.62. The molecule has 2 aromatic rings. The molecule has 0 spiro atoms. The summed E-state index contributed by atoms with van der Waals surface area (Å²) in [5.74, 6) is 0.841. The zero-order chi connectivity index (χ0) is 10.8. The second-order valence-corrected chi connectivity index (χ2v) is 3.67. The molecule has 78 valence electrons. The summed E-state index contributed by atoms with van der Waals surface area (Å²) in [5.41, 5.74) is 3.81. The van der Waals surface area contributed by atoms with Crippen LogP contribution in [0.4, 0.5) is 0 Å². The minimum atomic E-state index is 0.841. The van der Waals surface area contributed by atoms with Crippen LogP contribution in [0.3, 0.4) is 0 Å². The molecule has 1 heterocycles. The van der Waals surface area contributed by atoms with E-state index in [1.54, 1.807) is 6.20 Å². The molecule has 2 nitrogen and oxygen atoms in total. The van der Waals surface area contributed by atoms with E-state index in [0.717, 1.165) is 11.3 Å². The molecule has 1 aliphatic heterocycles. The van der Waals surface area contributed by atoms with Crippen LogP contribution >= 0.6 is 0 Å². The number of hydrogen-bond acceptors (Lipinski definition) is 2. The lowest BCUT2D eigenvalue weighted by Gasteiger charge is -2.12. The average molecular weight is 209 g/mol. The highest BCUT2D eigenvalue weighted by Crippen LogP contribution is 2.22. The first-order valence-corrected chi connectivity index (χ1v) is 5.22. The van der Waals surface area contributed by atoms with E-state index in [1.807, 2.05) is 24.3 Å². The zero-order valence-electron chi connectivity index (χ0n) is 8.68. The minimum Gasteiger partial charge on any atom is -0.382 e. The molecule has 1 aliphatic rings. The van der Waals surface area contributed by atoms with Crippen molar-refractivity contribution in [1.29, 1.82) is 0 Å². The van der Waals surface area contributed by atoms with Crippen molar-refractivity contribution < 1.29 is 4.84 Å². The monoisotopic (exact) mass is 209 g/mol. The van der Waals surface area contributed by atoms with Gasteiger partial charge in [0, 0.05) is 11.8 Å². The molecular weight excluding hydrogens is 198 g/mol. The Hall–Kier alpha value is -2.22. The summed E-state index contributed by atoms with van der Waals surface area (Å²) in [6, 6.07) is 14.6. The van der Waals surface area contributed by atoms with Gasteiger partial charge in [0.1, 0.15) is 0 Å². The van der Waals surface area contributed by atoms with Crippen molar-refractivity contribution in [1.82, 2.24) is 5.48 Å². The molecule has 3 rings (SSSR count). The average Bonchev–Trinajstić information content (AvgIpc) is 2.39. The van der Waals surface area contributed by atoms with Crippen LogP contribution < -0.4 is 5.48 Å². The number of benzene rings is 2. The topological polar surface area (TPSA) is 21.3 Å². The lowest BCUT2D eigenvalue weighted by molar-refractivity contribution is 0.198. The van der Waals surface area contributed by atoms with Crippen LogP contribution in [0.2, 0.25) is 0 Å². The van der Waals surface area contributed by atoms with Gasteiger partial charge in [-0.1, -0.05) is 36.4 Å². The Kier molecular flexibility index (Phi) is 2.11. The molecular formula is C14H11NO. The molecule has 0 bridgehead atoms. The standard InChI is InChI=1S/C14H11NO/c1-2-5-12-10-13(8-7-11(12)4-1)14-6-3-9-15-16-14/h1-10,15H. The first-order chi connectivity index (χ1) is 7.93. The fourth-order valence-corrected chi connectivity index (χ4v) is 1.80. The van der Waals surface area contributed by atoms with Gasteiger partial charge in [-0.05, 0) is 29.0 Å². The van der Waals surface area contributed by atoms with E-state index in [9.17, 15) is 0 Å². The van der Waals surface area contributed by atoms with Gasteiger partial charge < -0.3 is 4.84 Å². The van der Waals surface area contributed by atoms with Crippen molar-refractivity contribution in [3.63, 3.8) is 0 Å². The van der Waals surface area contributed by atoms with Crippen molar-refractivity contribution in [2.24, 2.45) is 0 Å². The second-order valence-electron chi connectivity index (χ2n) is 3.67. The van der Waals surface area contributed by atoms with E-state index in [0.29, 0.717) is 0 Å². The highest BCUT2D eigenvalue weighted by atomic mass is 16.6.